The van der Waals surface area contributed by atoms with E-state index in [1.165, 1.54) is 12.1 Å². The number of Topliss-reactive ketones (excluding diaryl/α,β-unsaturated/α-hetero) is 1. The van der Waals surface area contributed by atoms with Crippen molar-refractivity contribution in [3.8, 4) is 11.3 Å². The minimum absolute atomic E-state index is 0. The van der Waals surface area contributed by atoms with E-state index in [0.717, 1.165) is 22.0 Å². The average molecular weight is 450 g/mol. The van der Waals surface area contributed by atoms with Crippen LogP contribution in [0.25, 0.3) is 22.0 Å². The quantitative estimate of drug-likeness (QED) is 0.197. The van der Waals surface area contributed by atoms with E-state index in [9.17, 15) is 14.9 Å². The maximum absolute atomic E-state index is 12.5. The predicted molar refractivity (Wildman–Crippen MR) is 105 cm³/mol. The number of nitrogens with zero attached hydrogens (tertiary/aromatic N) is 3. The molecule has 0 bridgehead atoms. The SMILES string of the molecule is O=C(C[n+]1ccc(-c2ccc3ccccc3c2)nc1)c1ccccc1[N+](=O)[O-].[Br-]. The van der Waals surface area contributed by atoms with Crippen LogP contribution in [0.3, 0.4) is 0 Å². The number of carbonyl (C=O) groups excluding carboxylic acids is 1. The Hall–Kier alpha value is -3.45. The van der Waals surface area contributed by atoms with Gasteiger partial charge in [-0.3, -0.25) is 14.9 Å². The molecule has 0 fully saturated rings. The Balaban J connectivity index is 0.00000240. The summed E-state index contributed by atoms with van der Waals surface area (Å²) in [7, 11) is 0. The first-order chi connectivity index (χ1) is 13.6. The molecule has 0 N–H and O–H groups in total. The molecular formula is C22H16BrN3O3. The second-order valence-electron chi connectivity index (χ2n) is 6.38. The van der Waals surface area contributed by atoms with Crippen molar-refractivity contribution >= 4 is 22.2 Å². The van der Waals surface area contributed by atoms with E-state index in [0.29, 0.717) is 0 Å². The van der Waals surface area contributed by atoms with Gasteiger partial charge in [0.1, 0.15) is 0 Å². The smallest absolute Gasteiger partial charge is 0.287 e. The van der Waals surface area contributed by atoms with Gasteiger partial charge in [0.05, 0.1) is 16.7 Å². The van der Waals surface area contributed by atoms with Crippen molar-refractivity contribution in [2.24, 2.45) is 0 Å². The minimum Gasteiger partial charge on any atom is -1.00 e. The van der Waals surface area contributed by atoms with E-state index in [1.807, 2.05) is 36.4 Å². The summed E-state index contributed by atoms with van der Waals surface area (Å²) >= 11 is 0. The van der Waals surface area contributed by atoms with Gasteiger partial charge in [-0.25, -0.2) is 4.57 Å². The molecule has 1 heterocycles. The number of carbonyl (C=O) groups is 1. The first-order valence-corrected chi connectivity index (χ1v) is 8.73. The number of benzene rings is 3. The van der Waals surface area contributed by atoms with Gasteiger partial charge in [-0.2, -0.15) is 0 Å². The molecule has 144 valence electrons. The first-order valence-electron chi connectivity index (χ1n) is 8.73. The standard InChI is InChI=1S/C22H16N3O3.BrH/c26-22(19-7-3-4-8-21(19)25(27)28)14-24-12-11-20(23-15-24)18-10-9-16-5-1-2-6-17(16)13-18;/h1-13,15H,14H2;1H/q+1;/p-1. The lowest BCUT2D eigenvalue weighted by Crippen LogP contribution is -3.00. The monoisotopic (exact) mass is 449 g/mol. The topological polar surface area (TPSA) is 77.0 Å². The van der Waals surface area contributed by atoms with Crippen LogP contribution in [0.4, 0.5) is 5.69 Å². The zero-order valence-electron chi connectivity index (χ0n) is 15.2. The first kappa shape index (κ1) is 20.3. The molecule has 4 rings (SSSR count). The molecule has 6 nitrogen and oxygen atoms in total. The maximum atomic E-state index is 12.5. The van der Waals surface area contributed by atoms with Gasteiger partial charge in [0.2, 0.25) is 5.78 Å². The summed E-state index contributed by atoms with van der Waals surface area (Å²) < 4.78 is 1.61. The van der Waals surface area contributed by atoms with Crippen LogP contribution in [0.15, 0.2) is 85.3 Å². The van der Waals surface area contributed by atoms with E-state index < -0.39 is 4.92 Å². The van der Waals surface area contributed by atoms with Crippen LogP contribution in [0.5, 0.6) is 0 Å². The molecule has 0 atom stereocenters. The third-order valence-corrected chi connectivity index (χ3v) is 4.54. The highest BCUT2D eigenvalue weighted by atomic mass is 79.9. The molecule has 0 saturated carbocycles. The number of rotatable bonds is 5. The molecule has 7 heteroatoms. The number of para-hydroxylation sites is 1. The molecule has 0 radical (unpaired) electrons. The number of hydrogen-bond acceptors (Lipinski definition) is 4. The van der Waals surface area contributed by atoms with Gasteiger partial charge in [0, 0.05) is 17.7 Å². The van der Waals surface area contributed by atoms with Gasteiger partial charge < -0.3 is 17.0 Å². The number of halogens is 1. The molecule has 3 aromatic carbocycles. The fourth-order valence-corrected chi connectivity index (χ4v) is 3.12. The minimum atomic E-state index is -0.543. The largest absolute Gasteiger partial charge is 1.00 e. The van der Waals surface area contributed by atoms with Crippen LogP contribution in [0.1, 0.15) is 10.4 Å². The Bertz CT molecular complexity index is 1190. The summed E-state index contributed by atoms with van der Waals surface area (Å²) in [4.78, 5) is 27.5. The van der Waals surface area contributed by atoms with Gasteiger partial charge in [-0.15, -0.1) is 0 Å². The molecule has 1 aromatic heterocycles. The summed E-state index contributed by atoms with van der Waals surface area (Å²) in [6.45, 7) is -0.0180. The second kappa shape index (κ2) is 8.70. The Morgan fingerprint density at radius 3 is 2.41 bits per heavy atom. The molecule has 0 aliphatic heterocycles. The number of ketones is 1. The summed E-state index contributed by atoms with van der Waals surface area (Å²) in [5.41, 5.74) is 1.68. The van der Waals surface area contributed by atoms with Crippen LogP contribution in [0, 0.1) is 10.1 Å². The fraction of sp³-hybridized carbons (Fsp3) is 0.0455. The van der Waals surface area contributed by atoms with Crippen molar-refractivity contribution in [2.75, 3.05) is 0 Å². The maximum Gasteiger partial charge on any atom is 0.287 e. The molecule has 0 unspecified atom stereocenters. The molecule has 0 saturated heterocycles. The van der Waals surface area contributed by atoms with Crippen molar-refractivity contribution in [2.45, 2.75) is 6.54 Å². The normalized spacial score (nSPS) is 10.3. The van der Waals surface area contributed by atoms with Gasteiger partial charge in [-0.05, 0) is 34.0 Å². The van der Waals surface area contributed by atoms with Crippen molar-refractivity contribution in [3.63, 3.8) is 0 Å². The zero-order valence-corrected chi connectivity index (χ0v) is 16.8. The highest BCUT2D eigenvalue weighted by Crippen LogP contribution is 2.22. The fourth-order valence-electron chi connectivity index (χ4n) is 3.12. The van der Waals surface area contributed by atoms with Gasteiger partial charge in [0.15, 0.2) is 12.2 Å². The molecule has 29 heavy (non-hydrogen) atoms. The molecule has 0 spiro atoms. The molecular weight excluding hydrogens is 434 g/mol. The van der Waals surface area contributed by atoms with Crippen LogP contribution in [-0.2, 0) is 6.54 Å². The Labute approximate surface area is 177 Å². The Kier molecular flexibility index (Phi) is 6.09. The second-order valence-corrected chi connectivity index (χ2v) is 6.38. The van der Waals surface area contributed by atoms with Crippen molar-refractivity contribution in [1.82, 2.24) is 4.98 Å². The lowest BCUT2D eigenvalue weighted by molar-refractivity contribution is -0.686. The van der Waals surface area contributed by atoms with E-state index in [4.69, 9.17) is 0 Å². The Morgan fingerprint density at radius 1 is 0.966 bits per heavy atom. The average Bonchev–Trinajstić information content (AvgIpc) is 2.74. The van der Waals surface area contributed by atoms with E-state index in [-0.39, 0.29) is 40.6 Å². The van der Waals surface area contributed by atoms with Crippen LogP contribution in [0.2, 0.25) is 0 Å². The summed E-state index contributed by atoms with van der Waals surface area (Å²) in [6, 6.07) is 22.0. The number of fused-ring (bicyclic) bond motifs is 1. The number of nitro groups is 1. The van der Waals surface area contributed by atoms with Gasteiger partial charge in [-0.1, -0.05) is 42.5 Å². The molecule has 0 amide bonds. The van der Waals surface area contributed by atoms with Gasteiger partial charge >= 0.3 is 0 Å². The zero-order chi connectivity index (χ0) is 19.5. The lowest BCUT2D eigenvalue weighted by atomic mass is 10.1. The highest BCUT2D eigenvalue weighted by Gasteiger charge is 2.21. The van der Waals surface area contributed by atoms with Crippen molar-refractivity contribution < 1.29 is 31.3 Å². The predicted octanol–water partition coefficient (Wildman–Crippen LogP) is 0.984. The summed E-state index contributed by atoms with van der Waals surface area (Å²) in [6.07, 6.45) is 3.32. The van der Waals surface area contributed by atoms with E-state index in [2.05, 4.69) is 17.1 Å². The number of nitro benzene ring substituents is 1. The van der Waals surface area contributed by atoms with E-state index in [1.54, 1.807) is 29.2 Å². The van der Waals surface area contributed by atoms with E-state index >= 15 is 0 Å². The van der Waals surface area contributed by atoms with Crippen LogP contribution >= 0.6 is 0 Å². The highest BCUT2D eigenvalue weighted by molar-refractivity contribution is 5.98. The molecule has 0 aliphatic carbocycles. The van der Waals surface area contributed by atoms with Crippen LogP contribution in [-0.4, -0.2) is 15.7 Å². The number of hydrogen-bond donors (Lipinski definition) is 0. The van der Waals surface area contributed by atoms with Crippen molar-refractivity contribution in [1.29, 1.82) is 0 Å². The molecule has 0 aliphatic rings. The third-order valence-electron chi connectivity index (χ3n) is 4.54. The summed E-state index contributed by atoms with van der Waals surface area (Å²) in [5, 5.41) is 13.4. The Morgan fingerprint density at radius 2 is 1.69 bits per heavy atom. The van der Waals surface area contributed by atoms with Crippen LogP contribution < -0.4 is 21.5 Å². The lowest BCUT2D eigenvalue weighted by Gasteiger charge is -2.03. The number of aromatic nitrogens is 2. The van der Waals surface area contributed by atoms with Crippen molar-refractivity contribution in [3.05, 3.63) is 101 Å². The molecule has 4 aromatic rings. The summed E-state index contributed by atoms with van der Waals surface area (Å²) in [5.74, 6) is -0.336. The van der Waals surface area contributed by atoms with Gasteiger partial charge in [0.25, 0.3) is 12.0 Å². The third kappa shape index (κ3) is 4.35.